The van der Waals surface area contributed by atoms with Gasteiger partial charge in [-0.25, -0.2) is 4.90 Å². The van der Waals surface area contributed by atoms with Crippen molar-refractivity contribution in [3.8, 4) is 0 Å². The van der Waals surface area contributed by atoms with Gasteiger partial charge in [0.1, 0.15) is 6.61 Å². The number of benzene rings is 2. The molecule has 3 rings (SSSR count). The fraction of sp³-hybridized carbons (Fsp3) is 0.250. The van der Waals surface area contributed by atoms with Crippen molar-refractivity contribution in [1.82, 2.24) is 0 Å². The minimum Gasteiger partial charge on any atom is -0.391 e. The van der Waals surface area contributed by atoms with E-state index in [4.69, 9.17) is 4.84 Å². The Morgan fingerprint density at radius 3 is 2.55 bits per heavy atom. The molecule has 0 radical (unpaired) electrons. The number of hydrogen-bond donors (Lipinski definition) is 0. The van der Waals surface area contributed by atoms with Crippen molar-refractivity contribution in [2.24, 2.45) is 5.16 Å². The van der Waals surface area contributed by atoms with E-state index >= 15 is 0 Å². The molecular weight excluding hydrogens is 405 g/mol. The van der Waals surface area contributed by atoms with E-state index in [1.165, 1.54) is 19.1 Å². The van der Waals surface area contributed by atoms with Gasteiger partial charge in [0.25, 0.3) is 5.24 Å². The Morgan fingerprint density at radius 1 is 1.17 bits per heavy atom. The Bertz CT molecular complexity index is 975. The SMILES string of the molecule is C/C(=N/OCc1ccccc1N1C(=O)SC(C)C1=O)c1cccc(C(F)(F)F)c1. The van der Waals surface area contributed by atoms with Gasteiger partial charge in [-0.15, -0.1) is 0 Å². The molecule has 0 spiro atoms. The lowest BCUT2D eigenvalue weighted by Gasteiger charge is -2.17. The number of carbonyl (C=O) groups is 2. The molecule has 1 unspecified atom stereocenters. The minimum atomic E-state index is -4.44. The summed E-state index contributed by atoms with van der Waals surface area (Å²) in [7, 11) is 0. The average molecular weight is 422 g/mol. The number of amides is 2. The van der Waals surface area contributed by atoms with Gasteiger partial charge in [-0.2, -0.15) is 13.2 Å². The Kier molecular flexibility index (Phi) is 5.97. The standard InChI is InChI=1S/C20H17F3N2O3S/c1-12(14-7-5-8-16(10-14)20(21,22)23)24-28-11-15-6-3-4-9-17(15)25-18(26)13(2)29-19(25)27/h3-10,13H,11H2,1-2H3/b24-12-. The van der Waals surface area contributed by atoms with E-state index in [2.05, 4.69) is 5.16 Å². The maximum Gasteiger partial charge on any atom is 0.416 e. The summed E-state index contributed by atoms with van der Waals surface area (Å²) >= 11 is 0.947. The summed E-state index contributed by atoms with van der Waals surface area (Å²) in [5, 5.41) is 3.07. The van der Waals surface area contributed by atoms with E-state index in [-0.39, 0.29) is 29.0 Å². The topological polar surface area (TPSA) is 59.0 Å². The molecule has 2 amide bonds. The van der Waals surface area contributed by atoms with Crippen LogP contribution in [0, 0.1) is 0 Å². The third-order valence-electron chi connectivity index (χ3n) is 4.29. The van der Waals surface area contributed by atoms with Crippen LogP contribution in [0.4, 0.5) is 23.7 Å². The third-order valence-corrected chi connectivity index (χ3v) is 5.23. The molecule has 152 valence electrons. The molecule has 1 heterocycles. The van der Waals surface area contributed by atoms with Crippen molar-refractivity contribution in [2.75, 3.05) is 4.90 Å². The molecule has 1 aliphatic heterocycles. The van der Waals surface area contributed by atoms with E-state index in [1.807, 2.05) is 0 Å². The van der Waals surface area contributed by atoms with Crippen LogP contribution in [0.1, 0.15) is 30.5 Å². The number of oxime groups is 1. The predicted octanol–water partition coefficient (Wildman–Crippen LogP) is 5.23. The predicted molar refractivity (Wildman–Crippen MR) is 105 cm³/mol. The lowest BCUT2D eigenvalue weighted by Crippen LogP contribution is -2.31. The molecule has 9 heteroatoms. The second-order valence-electron chi connectivity index (χ2n) is 6.36. The molecule has 1 saturated heterocycles. The Hall–Kier alpha value is -2.81. The van der Waals surface area contributed by atoms with Crippen LogP contribution in [0.2, 0.25) is 0 Å². The van der Waals surface area contributed by atoms with E-state index in [1.54, 1.807) is 31.2 Å². The molecule has 0 N–H and O–H groups in total. The van der Waals surface area contributed by atoms with Gasteiger partial charge in [0.15, 0.2) is 0 Å². The summed E-state index contributed by atoms with van der Waals surface area (Å²) < 4.78 is 38.6. The largest absolute Gasteiger partial charge is 0.416 e. The number of imide groups is 1. The van der Waals surface area contributed by atoms with Crippen molar-refractivity contribution in [3.05, 3.63) is 65.2 Å². The summed E-state index contributed by atoms with van der Waals surface area (Å²) in [4.78, 5) is 30.8. The zero-order valence-electron chi connectivity index (χ0n) is 15.6. The molecule has 2 aromatic rings. The summed E-state index contributed by atoms with van der Waals surface area (Å²) in [6.45, 7) is 3.14. The van der Waals surface area contributed by atoms with Crippen molar-refractivity contribution in [1.29, 1.82) is 0 Å². The maximum atomic E-state index is 12.9. The molecule has 0 saturated carbocycles. The number of halogens is 3. The van der Waals surface area contributed by atoms with Gasteiger partial charge in [0.2, 0.25) is 5.91 Å². The van der Waals surface area contributed by atoms with E-state index < -0.39 is 17.0 Å². The van der Waals surface area contributed by atoms with Crippen LogP contribution >= 0.6 is 11.8 Å². The quantitative estimate of drug-likeness (QED) is 0.489. The molecule has 1 aliphatic rings. The van der Waals surface area contributed by atoms with Gasteiger partial charge in [-0.1, -0.05) is 47.2 Å². The summed E-state index contributed by atoms with van der Waals surface area (Å²) in [5.41, 5.74) is 0.748. The van der Waals surface area contributed by atoms with Gasteiger partial charge >= 0.3 is 6.18 Å². The minimum absolute atomic E-state index is 0.0530. The van der Waals surface area contributed by atoms with Crippen molar-refractivity contribution in [2.45, 2.75) is 31.9 Å². The first-order valence-electron chi connectivity index (χ1n) is 8.65. The molecular formula is C20H17F3N2O3S. The number of para-hydroxylation sites is 1. The second-order valence-corrected chi connectivity index (χ2v) is 7.65. The van der Waals surface area contributed by atoms with Crippen LogP contribution in [-0.4, -0.2) is 22.1 Å². The summed E-state index contributed by atoms with van der Waals surface area (Å²) in [5.74, 6) is -0.309. The van der Waals surface area contributed by atoms with Gasteiger partial charge in [0, 0.05) is 5.56 Å². The molecule has 2 aromatic carbocycles. The highest BCUT2D eigenvalue weighted by Gasteiger charge is 2.38. The number of hydrogen-bond acceptors (Lipinski definition) is 5. The number of nitrogens with zero attached hydrogens (tertiary/aromatic N) is 2. The smallest absolute Gasteiger partial charge is 0.391 e. The molecule has 1 atom stereocenters. The Morgan fingerprint density at radius 2 is 1.90 bits per heavy atom. The van der Waals surface area contributed by atoms with Gasteiger partial charge in [-0.3, -0.25) is 9.59 Å². The van der Waals surface area contributed by atoms with Crippen molar-refractivity contribution >= 4 is 34.3 Å². The average Bonchev–Trinajstić information content (AvgIpc) is 2.93. The summed E-state index contributed by atoms with van der Waals surface area (Å²) in [6.07, 6.45) is -4.44. The number of alkyl halides is 3. The first-order valence-corrected chi connectivity index (χ1v) is 9.53. The second kappa shape index (κ2) is 8.28. The van der Waals surface area contributed by atoms with Gasteiger partial charge in [-0.05, 0) is 37.6 Å². The fourth-order valence-corrected chi connectivity index (χ4v) is 3.57. The molecule has 0 aliphatic carbocycles. The van der Waals surface area contributed by atoms with Crippen LogP contribution in [0.15, 0.2) is 53.7 Å². The number of anilines is 1. The fourth-order valence-electron chi connectivity index (χ4n) is 2.77. The van der Waals surface area contributed by atoms with E-state index in [9.17, 15) is 22.8 Å². The zero-order chi connectivity index (χ0) is 21.2. The third kappa shape index (κ3) is 4.61. The van der Waals surface area contributed by atoms with Crippen molar-refractivity contribution in [3.63, 3.8) is 0 Å². The maximum absolute atomic E-state index is 12.9. The van der Waals surface area contributed by atoms with Crippen LogP contribution in [0.3, 0.4) is 0 Å². The molecule has 0 bridgehead atoms. The lowest BCUT2D eigenvalue weighted by molar-refractivity contribution is -0.137. The number of carbonyl (C=O) groups excluding carboxylic acids is 2. The summed E-state index contributed by atoms with van der Waals surface area (Å²) in [6, 6.07) is 11.5. The van der Waals surface area contributed by atoms with Crippen LogP contribution in [-0.2, 0) is 22.4 Å². The van der Waals surface area contributed by atoms with Crippen LogP contribution in [0.25, 0.3) is 0 Å². The molecule has 29 heavy (non-hydrogen) atoms. The zero-order valence-corrected chi connectivity index (χ0v) is 16.4. The molecule has 0 aromatic heterocycles. The van der Waals surface area contributed by atoms with E-state index in [0.29, 0.717) is 11.3 Å². The lowest BCUT2D eigenvalue weighted by atomic mass is 10.1. The van der Waals surface area contributed by atoms with Gasteiger partial charge < -0.3 is 4.84 Å². The highest BCUT2D eigenvalue weighted by atomic mass is 32.2. The Balaban J connectivity index is 1.76. The monoisotopic (exact) mass is 422 g/mol. The normalized spacial score (nSPS) is 17.8. The van der Waals surface area contributed by atoms with Gasteiger partial charge in [0.05, 0.1) is 22.2 Å². The molecule has 5 nitrogen and oxygen atoms in total. The highest BCUT2D eigenvalue weighted by molar-refractivity contribution is 8.15. The van der Waals surface area contributed by atoms with E-state index in [0.717, 1.165) is 28.8 Å². The molecule has 1 fully saturated rings. The van der Waals surface area contributed by atoms with Crippen LogP contribution in [0.5, 0.6) is 0 Å². The highest BCUT2D eigenvalue weighted by Crippen LogP contribution is 2.34. The number of rotatable bonds is 5. The first kappa shape index (κ1) is 20.9. The first-order chi connectivity index (χ1) is 13.7. The van der Waals surface area contributed by atoms with Crippen molar-refractivity contribution < 1.29 is 27.6 Å². The Labute approximate surface area is 169 Å². The van der Waals surface area contributed by atoms with Crippen LogP contribution < -0.4 is 4.90 Å². The number of thioether (sulfide) groups is 1.